The molecule has 0 aromatic carbocycles. The van der Waals surface area contributed by atoms with E-state index in [1.165, 1.54) is 0 Å². The summed E-state index contributed by atoms with van der Waals surface area (Å²) < 4.78 is 26.4. The molecule has 0 bridgehead atoms. The highest BCUT2D eigenvalue weighted by molar-refractivity contribution is 8.13. The summed E-state index contributed by atoms with van der Waals surface area (Å²) in [7, 11) is 1.80. The van der Waals surface area contributed by atoms with Crippen LogP contribution in [0.25, 0.3) is 0 Å². The lowest BCUT2D eigenvalue weighted by Crippen LogP contribution is -2.17. The summed E-state index contributed by atoms with van der Waals surface area (Å²) in [5.41, 5.74) is 0. The van der Waals surface area contributed by atoms with Gasteiger partial charge in [-0.25, -0.2) is 8.42 Å². The minimum Gasteiger partial charge on any atom is -0.381 e. The summed E-state index contributed by atoms with van der Waals surface area (Å²) >= 11 is 0. The summed E-state index contributed by atoms with van der Waals surface area (Å²) in [6.07, 6.45) is 2.61. The van der Waals surface area contributed by atoms with Crippen molar-refractivity contribution in [2.24, 2.45) is 5.92 Å². The molecule has 0 amide bonds. The van der Waals surface area contributed by atoms with Crippen molar-refractivity contribution < 1.29 is 13.2 Å². The van der Waals surface area contributed by atoms with Crippen LogP contribution in [0.3, 0.4) is 0 Å². The molecule has 1 aliphatic heterocycles. The first-order valence-corrected chi connectivity index (χ1v) is 6.56. The zero-order valence-electron chi connectivity index (χ0n) is 6.83. The van der Waals surface area contributed by atoms with Crippen molar-refractivity contribution in [1.29, 1.82) is 0 Å². The largest absolute Gasteiger partial charge is 0.381 e. The Kier molecular flexibility index (Phi) is 3.80. The molecular formula is C7H13ClO3S. The maximum absolute atomic E-state index is 10.6. The van der Waals surface area contributed by atoms with Crippen LogP contribution >= 0.6 is 10.7 Å². The van der Waals surface area contributed by atoms with Gasteiger partial charge in [0, 0.05) is 23.9 Å². The van der Waals surface area contributed by atoms with Crippen LogP contribution in [0.1, 0.15) is 19.3 Å². The van der Waals surface area contributed by atoms with Gasteiger partial charge in [-0.15, -0.1) is 0 Å². The van der Waals surface area contributed by atoms with Gasteiger partial charge in [0.15, 0.2) is 0 Å². The molecule has 0 saturated carbocycles. The molecule has 0 aromatic heterocycles. The minimum atomic E-state index is -3.29. The van der Waals surface area contributed by atoms with Gasteiger partial charge in [0.25, 0.3) is 0 Å². The van der Waals surface area contributed by atoms with Gasteiger partial charge in [-0.3, -0.25) is 0 Å². The van der Waals surface area contributed by atoms with Crippen LogP contribution < -0.4 is 0 Å². The van der Waals surface area contributed by atoms with Crippen LogP contribution in [-0.2, 0) is 13.8 Å². The summed E-state index contributed by atoms with van der Waals surface area (Å²) in [6, 6.07) is 0. The lowest BCUT2D eigenvalue weighted by Gasteiger charge is -2.20. The zero-order valence-corrected chi connectivity index (χ0v) is 8.40. The predicted octanol–water partition coefficient (Wildman–Crippen LogP) is 1.37. The topological polar surface area (TPSA) is 43.4 Å². The van der Waals surface area contributed by atoms with E-state index in [1.807, 2.05) is 0 Å². The molecule has 5 heteroatoms. The quantitative estimate of drug-likeness (QED) is 0.664. The van der Waals surface area contributed by atoms with E-state index in [0.29, 0.717) is 12.3 Å². The maximum atomic E-state index is 10.6. The zero-order chi connectivity index (χ0) is 9.03. The number of hydrogen-bond donors (Lipinski definition) is 0. The molecule has 0 aliphatic carbocycles. The number of ether oxygens (including phenoxy) is 1. The summed E-state index contributed by atoms with van der Waals surface area (Å²) in [6.45, 7) is 1.51. The van der Waals surface area contributed by atoms with Crippen molar-refractivity contribution in [2.45, 2.75) is 19.3 Å². The van der Waals surface area contributed by atoms with Crippen molar-refractivity contribution in [3.63, 3.8) is 0 Å². The molecule has 1 saturated heterocycles. The molecule has 1 fully saturated rings. The first kappa shape index (κ1) is 10.3. The minimum absolute atomic E-state index is 0.0965. The SMILES string of the molecule is O=S(=O)(Cl)CCC1CCOCC1. The molecular weight excluding hydrogens is 200 g/mol. The molecule has 0 aromatic rings. The van der Waals surface area contributed by atoms with E-state index < -0.39 is 9.05 Å². The Morgan fingerprint density at radius 1 is 1.33 bits per heavy atom. The fraction of sp³-hybridized carbons (Fsp3) is 1.00. The Labute approximate surface area is 77.5 Å². The average Bonchev–Trinajstić information content (AvgIpc) is 2.02. The molecule has 1 heterocycles. The van der Waals surface area contributed by atoms with E-state index in [2.05, 4.69) is 0 Å². The first-order valence-electron chi connectivity index (χ1n) is 4.08. The highest BCUT2D eigenvalue weighted by atomic mass is 35.7. The Morgan fingerprint density at radius 3 is 2.42 bits per heavy atom. The monoisotopic (exact) mass is 212 g/mol. The smallest absolute Gasteiger partial charge is 0.232 e. The fourth-order valence-corrected chi connectivity index (χ4v) is 2.22. The van der Waals surface area contributed by atoms with Gasteiger partial charge in [-0.2, -0.15) is 0 Å². The van der Waals surface area contributed by atoms with Crippen molar-refractivity contribution in [1.82, 2.24) is 0 Å². The van der Waals surface area contributed by atoms with E-state index in [1.54, 1.807) is 0 Å². The summed E-state index contributed by atoms with van der Waals surface area (Å²) in [4.78, 5) is 0. The van der Waals surface area contributed by atoms with Gasteiger partial charge in [0.1, 0.15) is 0 Å². The molecule has 1 aliphatic rings. The third-order valence-electron chi connectivity index (χ3n) is 2.11. The third-order valence-corrected chi connectivity index (χ3v) is 3.30. The summed E-state index contributed by atoms with van der Waals surface area (Å²) in [5, 5.41) is 0. The molecule has 0 spiro atoms. The lowest BCUT2D eigenvalue weighted by atomic mass is 9.98. The maximum Gasteiger partial charge on any atom is 0.232 e. The molecule has 1 rings (SSSR count). The second-order valence-electron chi connectivity index (χ2n) is 3.09. The second-order valence-corrected chi connectivity index (χ2v) is 5.98. The molecule has 0 atom stereocenters. The van der Waals surface area contributed by atoms with Gasteiger partial charge >= 0.3 is 0 Å². The van der Waals surface area contributed by atoms with E-state index in [-0.39, 0.29) is 5.75 Å². The lowest BCUT2D eigenvalue weighted by molar-refractivity contribution is 0.0656. The summed E-state index contributed by atoms with van der Waals surface area (Å²) in [5.74, 6) is 0.575. The van der Waals surface area contributed by atoms with Crippen molar-refractivity contribution in [3.8, 4) is 0 Å². The van der Waals surface area contributed by atoms with Gasteiger partial charge in [-0.05, 0) is 25.2 Å². The highest BCUT2D eigenvalue weighted by Gasteiger charge is 2.16. The first-order chi connectivity index (χ1) is 5.58. The number of halogens is 1. The van der Waals surface area contributed by atoms with Crippen LogP contribution in [-0.4, -0.2) is 27.4 Å². The van der Waals surface area contributed by atoms with Crippen LogP contribution in [0, 0.1) is 5.92 Å². The highest BCUT2D eigenvalue weighted by Crippen LogP contribution is 2.19. The fourth-order valence-electron chi connectivity index (χ4n) is 1.34. The van der Waals surface area contributed by atoms with Crippen molar-refractivity contribution in [3.05, 3.63) is 0 Å². The van der Waals surface area contributed by atoms with Crippen LogP contribution in [0.2, 0.25) is 0 Å². The molecule has 3 nitrogen and oxygen atoms in total. The standard InChI is InChI=1S/C7H13ClO3S/c8-12(9,10)6-3-7-1-4-11-5-2-7/h7H,1-6H2. The van der Waals surface area contributed by atoms with Crippen molar-refractivity contribution in [2.75, 3.05) is 19.0 Å². The molecule has 72 valence electrons. The average molecular weight is 213 g/mol. The third kappa shape index (κ3) is 4.28. The Morgan fingerprint density at radius 2 is 1.92 bits per heavy atom. The Bertz CT molecular complexity index is 219. The van der Waals surface area contributed by atoms with Crippen LogP contribution in [0.4, 0.5) is 0 Å². The van der Waals surface area contributed by atoms with Crippen LogP contribution in [0.5, 0.6) is 0 Å². The van der Waals surface area contributed by atoms with Crippen LogP contribution in [0.15, 0.2) is 0 Å². The van der Waals surface area contributed by atoms with E-state index >= 15 is 0 Å². The van der Waals surface area contributed by atoms with Gasteiger partial charge in [0.2, 0.25) is 9.05 Å². The predicted molar refractivity (Wildman–Crippen MR) is 47.8 cm³/mol. The van der Waals surface area contributed by atoms with Gasteiger partial charge in [0.05, 0.1) is 5.75 Å². The molecule has 0 radical (unpaired) electrons. The van der Waals surface area contributed by atoms with E-state index in [9.17, 15) is 8.42 Å². The van der Waals surface area contributed by atoms with Gasteiger partial charge < -0.3 is 4.74 Å². The normalized spacial score (nSPS) is 21.1. The molecule has 12 heavy (non-hydrogen) atoms. The van der Waals surface area contributed by atoms with Gasteiger partial charge in [-0.1, -0.05) is 0 Å². The Hall–Kier alpha value is 0.200. The number of hydrogen-bond acceptors (Lipinski definition) is 3. The molecule has 0 N–H and O–H groups in total. The van der Waals surface area contributed by atoms with E-state index in [0.717, 1.165) is 26.1 Å². The van der Waals surface area contributed by atoms with Crippen molar-refractivity contribution >= 4 is 19.7 Å². The van der Waals surface area contributed by atoms with E-state index in [4.69, 9.17) is 15.4 Å². The number of rotatable bonds is 3. The Balaban J connectivity index is 2.22. The molecule has 0 unspecified atom stereocenters. The second kappa shape index (κ2) is 4.44.